The zero-order valence-corrected chi connectivity index (χ0v) is 18.8. The Morgan fingerprint density at radius 1 is 0.906 bits per heavy atom. The molecule has 1 aromatic carbocycles. The highest BCUT2D eigenvalue weighted by Crippen LogP contribution is 2.38. The summed E-state index contributed by atoms with van der Waals surface area (Å²) in [7, 11) is -3.32. The highest BCUT2D eigenvalue weighted by Gasteiger charge is 2.30. The lowest BCUT2D eigenvalue weighted by atomic mass is 9.98. The first-order valence-corrected chi connectivity index (χ1v) is 13.1. The number of amides is 1. The third-order valence-corrected chi connectivity index (χ3v) is 9.16. The SMILES string of the molecule is O=C1CC[C@H](/C=C(/c2ccc(S(=O)(=O)C3CCCC3)cc2)c2ccc(C3CC3)c(=O)[nH]2)N1. The Labute approximate surface area is 188 Å². The van der Waals surface area contributed by atoms with Crippen molar-refractivity contribution in [3.8, 4) is 0 Å². The molecule has 0 unspecified atom stereocenters. The largest absolute Gasteiger partial charge is 0.350 e. The third-order valence-electron chi connectivity index (χ3n) is 6.88. The van der Waals surface area contributed by atoms with Gasteiger partial charge in [0.25, 0.3) is 5.56 Å². The van der Waals surface area contributed by atoms with Gasteiger partial charge in [0.2, 0.25) is 5.91 Å². The number of carbonyl (C=O) groups is 1. The maximum Gasteiger partial charge on any atom is 0.251 e. The highest BCUT2D eigenvalue weighted by molar-refractivity contribution is 7.92. The molecule has 3 aliphatic rings. The average molecular weight is 453 g/mol. The molecular weight excluding hydrogens is 424 g/mol. The summed E-state index contributed by atoms with van der Waals surface area (Å²) in [6.45, 7) is 0. The standard InChI is InChI=1S/C25H28N2O4S/c28-24-14-9-18(26-24)15-22(23-13-12-21(16-5-6-16)25(29)27-23)17-7-10-20(11-8-17)32(30,31)19-3-1-2-4-19/h7-8,10-13,15-16,18-19H,1-6,9,14H2,(H,26,28)(H,27,29)/b22-15-/t18-/m1/s1. The number of benzene rings is 1. The molecule has 0 spiro atoms. The summed E-state index contributed by atoms with van der Waals surface area (Å²) < 4.78 is 25.9. The predicted octanol–water partition coefficient (Wildman–Crippen LogP) is 3.68. The molecule has 3 fully saturated rings. The van der Waals surface area contributed by atoms with E-state index in [2.05, 4.69) is 10.3 Å². The molecule has 2 N–H and O–H groups in total. The minimum atomic E-state index is -3.32. The number of pyridine rings is 1. The van der Waals surface area contributed by atoms with E-state index in [0.717, 1.165) is 55.2 Å². The van der Waals surface area contributed by atoms with Gasteiger partial charge in [-0.1, -0.05) is 37.1 Å². The Morgan fingerprint density at radius 2 is 1.62 bits per heavy atom. The summed E-state index contributed by atoms with van der Waals surface area (Å²) in [5.74, 6) is 0.371. The van der Waals surface area contributed by atoms with Gasteiger partial charge < -0.3 is 10.3 Å². The number of hydrogen-bond acceptors (Lipinski definition) is 4. The van der Waals surface area contributed by atoms with Crippen LogP contribution in [0.15, 0.2) is 52.2 Å². The second kappa shape index (κ2) is 8.35. The van der Waals surface area contributed by atoms with E-state index in [9.17, 15) is 18.0 Å². The molecule has 1 amide bonds. The summed E-state index contributed by atoms with van der Waals surface area (Å²) in [6, 6.07) is 10.6. The first-order chi connectivity index (χ1) is 15.4. The number of aromatic amines is 1. The lowest BCUT2D eigenvalue weighted by Crippen LogP contribution is -2.23. The molecule has 2 aliphatic carbocycles. The summed E-state index contributed by atoms with van der Waals surface area (Å²) in [5, 5.41) is 2.66. The Kier molecular flexibility index (Phi) is 5.53. The molecule has 0 bridgehead atoms. The van der Waals surface area contributed by atoms with Gasteiger partial charge in [0.15, 0.2) is 9.84 Å². The number of aromatic nitrogens is 1. The fraction of sp³-hybridized carbons (Fsp3) is 0.440. The van der Waals surface area contributed by atoms with Gasteiger partial charge in [-0.15, -0.1) is 0 Å². The first-order valence-electron chi connectivity index (χ1n) is 11.5. The number of rotatable bonds is 6. The molecule has 32 heavy (non-hydrogen) atoms. The van der Waals surface area contributed by atoms with Gasteiger partial charge in [0.05, 0.1) is 10.1 Å². The molecule has 0 radical (unpaired) electrons. The van der Waals surface area contributed by atoms with E-state index in [0.29, 0.717) is 29.3 Å². The zero-order valence-electron chi connectivity index (χ0n) is 18.0. The monoisotopic (exact) mass is 452 g/mol. The molecule has 5 rings (SSSR count). The van der Waals surface area contributed by atoms with Crippen molar-refractivity contribution < 1.29 is 13.2 Å². The summed E-state index contributed by atoms with van der Waals surface area (Å²) >= 11 is 0. The van der Waals surface area contributed by atoms with Crippen LogP contribution in [0.25, 0.3) is 5.57 Å². The Balaban J connectivity index is 1.50. The maximum atomic E-state index is 12.9. The second-order valence-corrected chi connectivity index (χ2v) is 11.4. The Hall–Kier alpha value is -2.67. The van der Waals surface area contributed by atoms with Gasteiger partial charge in [-0.2, -0.15) is 0 Å². The number of hydrogen-bond donors (Lipinski definition) is 2. The quantitative estimate of drug-likeness (QED) is 0.699. The lowest BCUT2D eigenvalue weighted by Gasteiger charge is -2.15. The predicted molar refractivity (Wildman–Crippen MR) is 123 cm³/mol. The highest BCUT2D eigenvalue weighted by atomic mass is 32.2. The number of nitrogens with one attached hydrogen (secondary N) is 2. The van der Waals surface area contributed by atoms with E-state index < -0.39 is 9.84 Å². The van der Waals surface area contributed by atoms with Crippen LogP contribution in [0.5, 0.6) is 0 Å². The van der Waals surface area contributed by atoms with Gasteiger partial charge in [-0.05, 0) is 61.8 Å². The van der Waals surface area contributed by atoms with Gasteiger partial charge in [0, 0.05) is 29.3 Å². The van der Waals surface area contributed by atoms with E-state index in [-0.39, 0.29) is 22.8 Å². The van der Waals surface area contributed by atoms with E-state index in [1.165, 1.54) is 0 Å². The van der Waals surface area contributed by atoms with Crippen LogP contribution in [-0.2, 0) is 14.6 Å². The number of carbonyl (C=O) groups excluding carboxylic acids is 1. The van der Waals surface area contributed by atoms with Crippen LogP contribution >= 0.6 is 0 Å². The van der Waals surface area contributed by atoms with Gasteiger partial charge in [-0.3, -0.25) is 9.59 Å². The Morgan fingerprint density at radius 3 is 2.22 bits per heavy atom. The molecule has 1 aromatic heterocycles. The molecule has 6 nitrogen and oxygen atoms in total. The van der Waals surface area contributed by atoms with E-state index >= 15 is 0 Å². The van der Waals surface area contributed by atoms with Gasteiger partial charge >= 0.3 is 0 Å². The number of sulfone groups is 1. The number of H-pyrrole nitrogens is 1. The van der Waals surface area contributed by atoms with Crippen molar-refractivity contribution in [1.29, 1.82) is 0 Å². The van der Waals surface area contributed by atoms with Gasteiger partial charge in [-0.25, -0.2) is 8.42 Å². The average Bonchev–Trinajstić information content (AvgIpc) is 3.29. The molecule has 2 heterocycles. The lowest BCUT2D eigenvalue weighted by molar-refractivity contribution is -0.119. The fourth-order valence-corrected chi connectivity index (χ4v) is 6.73. The van der Waals surface area contributed by atoms with E-state index in [4.69, 9.17) is 0 Å². The van der Waals surface area contributed by atoms with E-state index in [1.807, 2.05) is 18.2 Å². The van der Waals surface area contributed by atoms with Crippen LogP contribution in [0, 0.1) is 0 Å². The molecule has 1 saturated heterocycles. The minimum Gasteiger partial charge on any atom is -0.350 e. The van der Waals surface area contributed by atoms with Crippen LogP contribution in [0.4, 0.5) is 0 Å². The molecule has 2 aromatic rings. The molecule has 7 heteroatoms. The maximum absolute atomic E-state index is 12.9. The minimum absolute atomic E-state index is 0.0150. The van der Waals surface area contributed by atoms with Crippen LogP contribution in [0.2, 0.25) is 0 Å². The van der Waals surface area contributed by atoms with Crippen molar-refractivity contribution in [2.24, 2.45) is 0 Å². The van der Waals surface area contributed by atoms with Crippen LogP contribution in [0.1, 0.15) is 74.1 Å². The van der Waals surface area contributed by atoms with E-state index in [1.54, 1.807) is 24.3 Å². The van der Waals surface area contributed by atoms with Crippen molar-refractivity contribution in [2.45, 2.75) is 73.5 Å². The fourth-order valence-electron chi connectivity index (χ4n) is 4.88. The van der Waals surface area contributed by atoms with Crippen molar-refractivity contribution >= 4 is 21.3 Å². The summed E-state index contributed by atoms with van der Waals surface area (Å²) in [4.78, 5) is 27.7. The normalized spacial score (nSPS) is 22.3. The molecule has 1 aliphatic heterocycles. The second-order valence-electron chi connectivity index (χ2n) is 9.20. The van der Waals surface area contributed by atoms with Crippen molar-refractivity contribution in [2.75, 3.05) is 0 Å². The molecular formula is C25H28N2O4S. The van der Waals surface area contributed by atoms with Crippen LogP contribution < -0.4 is 10.9 Å². The first kappa shape index (κ1) is 21.2. The smallest absolute Gasteiger partial charge is 0.251 e. The Bertz CT molecular complexity index is 1220. The topological polar surface area (TPSA) is 96.1 Å². The third kappa shape index (κ3) is 4.18. The molecule has 1 atom stereocenters. The van der Waals surface area contributed by atoms with Crippen LogP contribution in [0.3, 0.4) is 0 Å². The molecule has 168 valence electrons. The van der Waals surface area contributed by atoms with Crippen LogP contribution in [-0.4, -0.2) is 30.6 Å². The zero-order chi connectivity index (χ0) is 22.3. The van der Waals surface area contributed by atoms with Crippen molar-refractivity contribution in [3.05, 3.63) is 69.6 Å². The summed E-state index contributed by atoms with van der Waals surface area (Å²) in [5.41, 5.74) is 3.02. The summed E-state index contributed by atoms with van der Waals surface area (Å²) in [6.07, 6.45) is 8.62. The van der Waals surface area contributed by atoms with Gasteiger partial charge in [0.1, 0.15) is 0 Å². The molecule has 2 saturated carbocycles. The van der Waals surface area contributed by atoms with Crippen molar-refractivity contribution in [3.63, 3.8) is 0 Å². The van der Waals surface area contributed by atoms with Crippen molar-refractivity contribution in [1.82, 2.24) is 10.3 Å².